The quantitative estimate of drug-likeness (QED) is 0.637. The minimum atomic E-state index is -0.0212. The summed E-state index contributed by atoms with van der Waals surface area (Å²) in [6, 6.07) is 6.61. The SMILES string of the molecule is COc1nn(C)cc1C(=O)N1c2ccc(C)cc2[C@@H]2CN(C)CC[C@H]21.I. The molecule has 0 unspecified atom stereocenters. The third-order valence-corrected chi connectivity index (χ3v) is 5.39. The van der Waals surface area contributed by atoms with E-state index < -0.39 is 0 Å². The van der Waals surface area contributed by atoms with Gasteiger partial charge in [-0.2, -0.15) is 0 Å². The van der Waals surface area contributed by atoms with E-state index in [1.165, 1.54) is 11.1 Å². The Kier molecular flexibility index (Phi) is 5.30. The molecule has 1 aromatic heterocycles. The summed E-state index contributed by atoms with van der Waals surface area (Å²) in [5.41, 5.74) is 4.08. The molecule has 1 aromatic carbocycles. The van der Waals surface area contributed by atoms with Crippen molar-refractivity contribution >= 4 is 35.6 Å². The van der Waals surface area contributed by atoms with Crippen LogP contribution in [0.1, 0.15) is 33.8 Å². The Morgan fingerprint density at radius 1 is 1.31 bits per heavy atom. The summed E-state index contributed by atoms with van der Waals surface area (Å²) in [6.07, 6.45) is 2.72. The van der Waals surface area contributed by atoms with Crippen molar-refractivity contribution in [2.45, 2.75) is 25.3 Å². The Morgan fingerprint density at radius 2 is 2.08 bits per heavy atom. The lowest BCUT2D eigenvalue weighted by Gasteiger charge is -2.36. The highest BCUT2D eigenvalue weighted by Gasteiger charge is 2.44. The van der Waals surface area contributed by atoms with E-state index in [0.29, 0.717) is 17.4 Å². The fourth-order valence-electron chi connectivity index (χ4n) is 4.24. The van der Waals surface area contributed by atoms with Gasteiger partial charge in [0.25, 0.3) is 5.91 Å². The Hall–Kier alpha value is -1.61. The molecule has 0 radical (unpaired) electrons. The number of aromatic nitrogens is 2. The minimum Gasteiger partial charge on any atom is -0.479 e. The van der Waals surface area contributed by atoms with Crippen LogP contribution in [0.15, 0.2) is 24.4 Å². The Morgan fingerprint density at radius 3 is 2.81 bits per heavy atom. The highest BCUT2D eigenvalue weighted by molar-refractivity contribution is 14.0. The first-order valence-electron chi connectivity index (χ1n) is 8.70. The van der Waals surface area contributed by atoms with E-state index in [4.69, 9.17) is 4.74 Å². The van der Waals surface area contributed by atoms with Gasteiger partial charge >= 0.3 is 0 Å². The lowest BCUT2D eigenvalue weighted by Crippen LogP contribution is -2.47. The number of hydrogen-bond acceptors (Lipinski definition) is 4. The van der Waals surface area contributed by atoms with Crippen molar-refractivity contribution < 1.29 is 9.53 Å². The number of likely N-dealkylation sites (N-methyl/N-ethyl adjacent to an activating group) is 1. The predicted molar refractivity (Wildman–Crippen MR) is 112 cm³/mol. The van der Waals surface area contributed by atoms with Gasteiger partial charge in [0.15, 0.2) is 0 Å². The number of hydrogen-bond donors (Lipinski definition) is 0. The van der Waals surface area contributed by atoms with Gasteiger partial charge in [-0.1, -0.05) is 17.7 Å². The standard InChI is InChI=1S/C19H24N4O2.HI/c1-12-5-6-16-13(9-12)14-10-21(2)8-7-17(14)23(16)19(24)15-11-22(3)20-18(15)25-4;/h5-6,9,11,14,17H,7-8,10H2,1-4H3;1H/t14-,17+;/m0./s1. The van der Waals surface area contributed by atoms with Crippen LogP contribution in [0.4, 0.5) is 5.69 Å². The molecular weight excluding hydrogens is 443 g/mol. The van der Waals surface area contributed by atoms with Crippen LogP contribution < -0.4 is 9.64 Å². The summed E-state index contributed by atoms with van der Waals surface area (Å²) in [4.78, 5) is 17.7. The van der Waals surface area contributed by atoms with Crippen molar-refractivity contribution in [2.75, 3.05) is 32.1 Å². The molecule has 2 atom stereocenters. The van der Waals surface area contributed by atoms with Gasteiger partial charge in [-0.05, 0) is 38.6 Å². The number of fused-ring (bicyclic) bond motifs is 3. The average Bonchev–Trinajstić information content (AvgIpc) is 3.12. The molecule has 3 heterocycles. The average molecular weight is 468 g/mol. The van der Waals surface area contributed by atoms with Crippen LogP contribution in [-0.4, -0.2) is 53.9 Å². The smallest absolute Gasteiger partial charge is 0.265 e. The molecule has 6 nitrogen and oxygen atoms in total. The molecule has 2 aliphatic rings. The molecular formula is C19H25IN4O2. The van der Waals surface area contributed by atoms with E-state index in [0.717, 1.165) is 25.2 Å². The first-order valence-corrected chi connectivity index (χ1v) is 8.70. The Bertz CT molecular complexity index is 835. The number of likely N-dealkylation sites (tertiary alicyclic amines) is 1. The van der Waals surface area contributed by atoms with Crippen molar-refractivity contribution in [1.29, 1.82) is 0 Å². The number of halogens is 1. The fraction of sp³-hybridized carbons (Fsp3) is 0.474. The van der Waals surface area contributed by atoms with E-state index in [1.807, 2.05) is 4.90 Å². The van der Waals surface area contributed by atoms with Gasteiger partial charge in [0.2, 0.25) is 5.88 Å². The number of carbonyl (C=O) groups excluding carboxylic acids is 1. The molecule has 4 rings (SSSR count). The predicted octanol–water partition coefficient (Wildman–Crippen LogP) is 2.80. The lowest BCUT2D eigenvalue weighted by molar-refractivity contribution is 0.0961. The van der Waals surface area contributed by atoms with Gasteiger partial charge in [-0.3, -0.25) is 9.48 Å². The molecule has 1 saturated heterocycles. The zero-order chi connectivity index (χ0) is 17.7. The summed E-state index contributed by atoms with van der Waals surface area (Å²) >= 11 is 0. The van der Waals surface area contributed by atoms with E-state index in [2.05, 4.69) is 42.2 Å². The first-order chi connectivity index (χ1) is 12.0. The topological polar surface area (TPSA) is 50.6 Å². The van der Waals surface area contributed by atoms with Crippen LogP contribution in [0.5, 0.6) is 5.88 Å². The van der Waals surface area contributed by atoms with Crippen molar-refractivity contribution in [3.8, 4) is 5.88 Å². The molecule has 26 heavy (non-hydrogen) atoms. The van der Waals surface area contributed by atoms with Gasteiger partial charge in [0.05, 0.1) is 7.11 Å². The number of piperidine rings is 1. The van der Waals surface area contributed by atoms with Crippen LogP contribution in [0, 0.1) is 6.92 Å². The normalized spacial score (nSPS) is 21.8. The summed E-state index contributed by atoms with van der Waals surface area (Å²) in [5, 5.41) is 4.25. The van der Waals surface area contributed by atoms with Crippen molar-refractivity contribution in [2.24, 2.45) is 7.05 Å². The third-order valence-electron chi connectivity index (χ3n) is 5.39. The number of rotatable bonds is 2. The monoisotopic (exact) mass is 468 g/mol. The number of methoxy groups -OCH3 is 1. The van der Waals surface area contributed by atoms with Gasteiger partial charge in [0, 0.05) is 37.4 Å². The minimum absolute atomic E-state index is 0. The molecule has 1 fully saturated rings. The molecule has 140 valence electrons. The largest absolute Gasteiger partial charge is 0.479 e. The van der Waals surface area contributed by atoms with Gasteiger partial charge in [-0.15, -0.1) is 29.1 Å². The van der Waals surface area contributed by atoms with Gasteiger partial charge in [-0.25, -0.2) is 0 Å². The molecule has 7 heteroatoms. The molecule has 2 aliphatic heterocycles. The molecule has 1 amide bonds. The summed E-state index contributed by atoms with van der Waals surface area (Å²) in [5.74, 6) is 0.727. The van der Waals surface area contributed by atoms with Gasteiger partial charge < -0.3 is 14.5 Å². The molecule has 0 bridgehead atoms. The van der Waals surface area contributed by atoms with Crippen LogP contribution in [0.3, 0.4) is 0 Å². The lowest BCUT2D eigenvalue weighted by atomic mass is 9.89. The maximum Gasteiger partial charge on any atom is 0.265 e. The second kappa shape index (κ2) is 7.19. The number of amides is 1. The van der Waals surface area contributed by atoms with Crippen molar-refractivity contribution in [3.05, 3.63) is 41.1 Å². The maximum absolute atomic E-state index is 13.4. The second-order valence-corrected chi connectivity index (χ2v) is 7.19. The molecule has 0 saturated carbocycles. The van der Waals surface area contributed by atoms with Crippen molar-refractivity contribution in [3.63, 3.8) is 0 Å². The zero-order valence-electron chi connectivity index (χ0n) is 15.6. The number of carbonyl (C=O) groups is 1. The highest BCUT2D eigenvalue weighted by Crippen LogP contribution is 2.45. The van der Waals surface area contributed by atoms with E-state index in [9.17, 15) is 4.79 Å². The van der Waals surface area contributed by atoms with Gasteiger partial charge in [0.1, 0.15) is 5.56 Å². The van der Waals surface area contributed by atoms with E-state index in [1.54, 1.807) is 25.0 Å². The second-order valence-electron chi connectivity index (χ2n) is 7.19. The molecule has 0 N–H and O–H groups in total. The molecule has 0 spiro atoms. The van der Waals surface area contributed by atoms with Crippen LogP contribution in [-0.2, 0) is 7.05 Å². The maximum atomic E-state index is 13.4. The van der Waals surface area contributed by atoms with E-state index >= 15 is 0 Å². The van der Waals surface area contributed by atoms with Crippen LogP contribution in [0.25, 0.3) is 0 Å². The zero-order valence-corrected chi connectivity index (χ0v) is 17.9. The summed E-state index contributed by atoms with van der Waals surface area (Å²) in [7, 11) is 5.51. The number of benzene rings is 1. The molecule has 0 aliphatic carbocycles. The number of aryl methyl sites for hydroxylation is 2. The fourth-order valence-corrected chi connectivity index (χ4v) is 4.24. The molecule has 2 aromatic rings. The van der Waals surface area contributed by atoms with E-state index in [-0.39, 0.29) is 35.9 Å². The summed E-state index contributed by atoms with van der Waals surface area (Å²) in [6.45, 7) is 4.09. The van der Waals surface area contributed by atoms with Crippen LogP contribution >= 0.6 is 24.0 Å². The number of ether oxygens (including phenoxy) is 1. The van der Waals surface area contributed by atoms with Crippen LogP contribution in [0.2, 0.25) is 0 Å². The Balaban J connectivity index is 0.00000196. The first kappa shape index (κ1) is 19.2. The summed E-state index contributed by atoms with van der Waals surface area (Å²) < 4.78 is 6.95. The number of anilines is 1. The van der Waals surface area contributed by atoms with Crippen molar-refractivity contribution in [1.82, 2.24) is 14.7 Å². The third kappa shape index (κ3) is 3.00. The number of nitrogens with zero attached hydrogens (tertiary/aromatic N) is 4. The highest BCUT2D eigenvalue weighted by atomic mass is 127. The Labute approximate surface area is 171 Å².